The van der Waals surface area contributed by atoms with Crippen molar-refractivity contribution in [2.45, 2.75) is 37.6 Å². The molecular formula is C14H24N2O4. The molecule has 0 aromatic rings. The normalized spacial score (nSPS) is 21.6. The molecule has 1 saturated carbocycles. The van der Waals surface area contributed by atoms with Gasteiger partial charge in [0.1, 0.15) is 5.54 Å². The van der Waals surface area contributed by atoms with Crippen molar-refractivity contribution in [3.8, 4) is 0 Å². The Morgan fingerprint density at radius 2 is 1.95 bits per heavy atom. The smallest absolute Gasteiger partial charge is 0.248 e. The highest BCUT2D eigenvalue weighted by Crippen LogP contribution is 2.33. The summed E-state index contributed by atoms with van der Waals surface area (Å²) in [5, 5.41) is 2.91. The number of rotatable bonds is 7. The molecule has 1 N–H and O–H groups in total. The minimum absolute atomic E-state index is 0.0354. The maximum atomic E-state index is 12.5. The Kier molecular flexibility index (Phi) is 5.37. The van der Waals surface area contributed by atoms with Gasteiger partial charge in [-0.25, -0.2) is 0 Å². The van der Waals surface area contributed by atoms with Crippen molar-refractivity contribution in [3.63, 3.8) is 0 Å². The molecule has 2 fully saturated rings. The zero-order valence-electron chi connectivity index (χ0n) is 12.2. The summed E-state index contributed by atoms with van der Waals surface area (Å²) in [6.07, 6.45) is 4.33. The van der Waals surface area contributed by atoms with Crippen LogP contribution in [0, 0.1) is 0 Å². The minimum atomic E-state index is -0.605. The Balaban J connectivity index is 1.78. The molecule has 6 heteroatoms. The predicted octanol–water partition coefficient (Wildman–Crippen LogP) is 0.311. The highest BCUT2D eigenvalue weighted by atomic mass is 16.5. The average molecular weight is 284 g/mol. The van der Waals surface area contributed by atoms with Crippen molar-refractivity contribution >= 4 is 11.8 Å². The van der Waals surface area contributed by atoms with E-state index in [1.807, 2.05) is 0 Å². The molecule has 2 rings (SSSR count). The molecule has 6 nitrogen and oxygen atoms in total. The molecule has 114 valence electrons. The zero-order valence-corrected chi connectivity index (χ0v) is 12.2. The second-order valence-electron chi connectivity index (χ2n) is 5.52. The molecule has 0 bridgehead atoms. The van der Waals surface area contributed by atoms with Crippen molar-refractivity contribution in [3.05, 3.63) is 0 Å². The van der Waals surface area contributed by atoms with Crippen LogP contribution in [0.1, 0.15) is 32.1 Å². The largest absolute Gasteiger partial charge is 0.382 e. The number of piperazine rings is 1. The fourth-order valence-corrected chi connectivity index (χ4v) is 3.01. The van der Waals surface area contributed by atoms with Gasteiger partial charge in [-0.05, 0) is 19.3 Å². The van der Waals surface area contributed by atoms with E-state index in [1.54, 1.807) is 12.0 Å². The lowest BCUT2D eigenvalue weighted by atomic mass is 9.93. The van der Waals surface area contributed by atoms with E-state index in [0.717, 1.165) is 32.1 Å². The summed E-state index contributed by atoms with van der Waals surface area (Å²) in [5.41, 5.74) is -0.605. The van der Waals surface area contributed by atoms with Gasteiger partial charge in [0.2, 0.25) is 11.8 Å². The van der Waals surface area contributed by atoms with Crippen LogP contribution in [-0.4, -0.2) is 62.3 Å². The summed E-state index contributed by atoms with van der Waals surface area (Å²) in [4.78, 5) is 26.0. The van der Waals surface area contributed by atoms with Gasteiger partial charge in [0.15, 0.2) is 0 Å². The van der Waals surface area contributed by atoms with Gasteiger partial charge in [-0.2, -0.15) is 0 Å². The van der Waals surface area contributed by atoms with Crippen molar-refractivity contribution in [2.75, 3.05) is 40.0 Å². The summed E-state index contributed by atoms with van der Waals surface area (Å²) in [6.45, 7) is 2.49. The van der Waals surface area contributed by atoms with Crippen LogP contribution in [0.2, 0.25) is 0 Å². The number of nitrogens with one attached hydrogen (secondary N) is 1. The molecule has 1 heterocycles. The Morgan fingerprint density at radius 1 is 1.20 bits per heavy atom. The molecule has 0 atom stereocenters. The first-order valence-electron chi connectivity index (χ1n) is 7.35. The Morgan fingerprint density at radius 3 is 2.65 bits per heavy atom. The van der Waals surface area contributed by atoms with Crippen LogP contribution >= 0.6 is 0 Å². The average Bonchev–Trinajstić information content (AvgIpc) is 2.88. The van der Waals surface area contributed by atoms with Crippen molar-refractivity contribution in [2.24, 2.45) is 0 Å². The molecule has 1 aliphatic heterocycles. The summed E-state index contributed by atoms with van der Waals surface area (Å²) in [6, 6.07) is 0. The fraction of sp³-hybridized carbons (Fsp3) is 0.857. The van der Waals surface area contributed by atoms with E-state index in [4.69, 9.17) is 9.47 Å². The van der Waals surface area contributed by atoms with E-state index in [0.29, 0.717) is 26.4 Å². The van der Waals surface area contributed by atoms with E-state index in [-0.39, 0.29) is 18.4 Å². The summed E-state index contributed by atoms with van der Waals surface area (Å²) >= 11 is 0. The van der Waals surface area contributed by atoms with Crippen molar-refractivity contribution < 1.29 is 19.1 Å². The molecule has 0 aromatic carbocycles. The molecular weight excluding hydrogens is 260 g/mol. The third-order valence-corrected chi connectivity index (χ3v) is 4.02. The molecule has 0 unspecified atom stereocenters. The molecule has 1 spiro atoms. The first-order chi connectivity index (χ1) is 9.68. The topological polar surface area (TPSA) is 67.9 Å². The summed E-state index contributed by atoms with van der Waals surface area (Å²) in [5.74, 6) is 0.0540. The molecule has 2 aliphatic rings. The molecule has 0 radical (unpaired) electrons. The number of carbonyl (C=O) groups excluding carboxylic acids is 2. The first-order valence-corrected chi connectivity index (χ1v) is 7.35. The predicted molar refractivity (Wildman–Crippen MR) is 73.2 cm³/mol. The van der Waals surface area contributed by atoms with Gasteiger partial charge < -0.3 is 19.7 Å². The number of ether oxygens (including phenoxy) is 2. The number of hydrogen-bond donors (Lipinski definition) is 1. The molecule has 1 aliphatic carbocycles. The van der Waals surface area contributed by atoms with Gasteiger partial charge >= 0.3 is 0 Å². The SMILES string of the molecule is COCCOCCCN1CC(=O)NC2(CCCC2)C1=O. The Hall–Kier alpha value is -1.14. The van der Waals surface area contributed by atoms with Gasteiger partial charge in [0, 0.05) is 20.3 Å². The lowest BCUT2D eigenvalue weighted by molar-refractivity contribution is -0.149. The van der Waals surface area contributed by atoms with Crippen LogP contribution < -0.4 is 5.32 Å². The number of nitrogens with zero attached hydrogens (tertiary/aromatic N) is 1. The van der Waals surface area contributed by atoms with E-state index in [9.17, 15) is 9.59 Å². The third kappa shape index (κ3) is 3.49. The first kappa shape index (κ1) is 15.3. The number of amides is 2. The highest BCUT2D eigenvalue weighted by molar-refractivity contribution is 5.98. The molecule has 1 saturated heterocycles. The quantitative estimate of drug-likeness (QED) is 0.683. The van der Waals surface area contributed by atoms with Crippen LogP contribution in [0.5, 0.6) is 0 Å². The number of carbonyl (C=O) groups is 2. The van der Waals surface area contributed by atoms with Crippen LogP contribution in [0.15, 0.2) is 0 Å². The second kappa shape index (κ2) is 7.04. The maximum Gasteiger partial charge on any atom is 0.248 e. The molecule has 20 heavy (non-hydrogen) atoms. The van der Waals surface area contributed by atoms with Crippen molar-refractivity contribution in [1.29, 1.82) is 0 Å². The maximum absolute atomic E-state index is 12.5. The molecule has 2 amide bonds. The Labute approximate surface area is 119 Å². The fourth-order valence-electron chi connectivity index (χ4n) is 3.01. The van der Waals surface area contributed by atoms with E-state index in [1.165, 1.54) is 0 Å². The molecule has 0 aromatic heterocycles. The standard InChI is InChI=1S/C14H24N2O4/c1-19-9-10-20-8-4-7-16-11-12(17)15-14(13(16)18)5-2-3-6-14/h2-11H2,1H3,(H,15,17). The Bertz CT molecular complexity index is 353. The summed E-state index contributed by atoms with van der Waals surface area (Å²) in [7, 11) is 1.63. The third-order valence-electron chi connectivity index (χ3n) is 4.02. The highest BCUT2D eigenvalue weighted by Gasteiger charge is 2.47. The summed E-state index contributed by atoms with van der Waals surface area (Å²) < 4.78 is 10.3. The minimum Gasteiger partial charge on any atom is -0.382 e. The van der Waals surface area contributed by atoms with E-state index in [2.05, 4.69) is 5.32 Å². The zero-order chi connectivity index (χ0) is 14.4. The monoisotopic (exact) mass is 284 g/mol. The van der Waals surface area contributed by atoms with E-state index < -0.39 is 5.54 Å². The van der Waals surface area contributed by atoms with Crippen LogP contribution in [0.4, 0.5) is 0 Å². The van der Waals surface area contributed by atoms with Gasteiger partial charge in [-0.1, -0.05) is 12.8 Å². The van der Waals surface area contributed by atoms with Crippen LogP contribution in [0.25, 0.3) is 0 Å². The van der Waals surface area contributed by atoms with Crippen molar-refractivity contribution in [1.82, 2.24) is 10.2 Å². The van der Waals surface area contributed by atoms with Gasteiger partial charge in [0.25, 0.3) is 0 Å². The van der Waals surface area contributed by atoms with Gasteiger partial charge in [-0.3, -0.25) is 9.59 Å². The lowest BCUT2D eigenvalue weighted by Crippen LogP contribution is -2.65. The lowest BCUT2D eigenvalue weighted by Gasteiger charge is -2.39. The van der Waals surface area contributed by atoms with Gasteiger partial charge in [-0.15, -0.1) is 0 Å². The number of methoxy groups -OCH3 is 1. The number of hydrogen-bond acceptors (Lipinski definition) is 4. The second-order valence-corrected chi connectivity index (χ2v) is 5.52. The van der Waals surface area contributed by atoms with Gasteiger partial charge in [0.05, 0.1) is 19.8 Å². The van der Waals surface area contributed by atoms with Crippen LogP contribution in [-0.2, 0) is 19.1 Å². The van der Waals surface area contributed by atoms with E-state index >= 15 is 0 Å². The van der Waals surface area contributed by atoms with Crippen LogP contribution in [0.3, 0.4) is 0 Å².